The van der Waals surface area contributed by atoms with Crippen LogP contribution in [0.1, 0.15) is 197 Å². The van der Waals surface area contributed by atoms with Gasteiger partial charge in [-0.25, -0.2) is 22.8 Å². The van der Waals surface area contributed by atoms with Gasteiger partial charge < -0.3 is 0 Å². The van der Waals surface area contributed by atoms with Crippen LogP contribution in [-0.4, -0.2) is 40.4 Å². The molecule has 0 spiro atoms. The Morgan fingerprint density at radius 1 is 0.277 bits per heavy atom. The molecule has 5 aromatic carbocycles. The number of hydrogen-bond donors (Lipinski definition) is 0. The zero-order chi connectivity index (χ0) is 86.6. The molecule has 119 heavy (non-hydrogen) atoms. The molecule has 0 bridgehead atoms. The zero-order valence-corrected chi connectivity index (χ0v) is 85.2. The highest BCUT2D eigenvalue weighted by Gasteiger charge is 2.36. The van der Waals surface area contributed by atoms with E-state index in [4.69, 9.17) is 0 Å². The summed E-state index contributed by atoms with van der Waals surface area (Å²) in [5, 5.41) is 8.10. The third-order valence-electron chi connectivity index (χ3n) is 27.6. The van der Waals surface area contributed by atoms with Crippen molar-refractivity contribution in [2.24, 2.45) is 58.9 Å². The van der Waals surface area contributed by atoms with E-state index in [1.807, 2.05) is 0 Å². The van der Waals surface area contributed by atoms with Gasteiger partial charge in [0.15, 0.2) is 31.0 Å². The molecule has 0 N–H and O–H groups in total. The van der Waals surface area contributed by atoms with Gasteiger partial charge in [-0.15, -0.1) is 0 Å². The van der Waals surface area contributed by atoms with Gasteiger partial charge in [0.1, 0.15) is 35.2 Å². The highest BCUT2D eigenvalue weighted by atomic mass is 28.3. The lowest BCUT2D eigenvalue weighted by atomic mass is 9.77. The van der Waals surface area contributed by atoms with E-state index >= 15 is 0 Å². The van der Waals surface area contributed by atoms with Crippen LogP contribution in [0.3, 0.4) is 0 Å². The van der Waals surface area contributed by atoms with Crippen molar-refractivity contribution >= 4 is 66.3 Å². The molecule has 5 heterocycles. The van der Waals surface area contributed by atoms with Crippen molar-refractivity contribution in [3.05, 3.63) is 238 Å². The molecule has 14 rings (SSSR count). The summed E-state index contributed by atoms with van der Waals surface area (Å²) in [7, 11) is 4.32. The fraction of sp³-hybridized carbons (Fsp3) is 0.495. The molecular formula is C109H160N5Si5+5. The molecule has 4 fully saturated rings. The fourth-order valence-corrected chi connectivity index (χ4v) is 28.2. The lowest BCUT2D eigenvalue weighted by molar-refractivity contribution is -0.659. The van der Waals surface area contributed by atoms with Gasteiger partial charge in [-0.2, -0.15) is 0 Å². The predicted octanol–water partition coefficient (Wildman–Crippen LogP) is 24.3. The molecular weight excluding hydrogens is 1520 g/mol. The van der Waals surface area contributed by atoms with Gasteiger partial charge in [-0.1, -0.05) is 299 Å². The van der Waals surface area contributed by atoms with Crippen LogP contribution >= 0.6 is 0 Å². The predicted molar refractivity (Wildman–Crippen MR) is 530 cm³/mol. The smallest absolute Gasteiger partial charge is 0.201 e. The Balaban J connectivity index is 0.000000157. The average molecular weight is 1680 g/mol. The summed E-state index contributed by atoms with van der Waals surface area (Å²) < 4.78 is 11.7. The normalized spacial score (nSPS) is 15.8. The van der Waals surface area contributed by atoms with Gasteiger partial charge in [0.05, 0.1) is 40.4 Å². The Labute approximate surface area is 731 Å². The quantitative estimate of drug-likeness (QED) is 0.0603. The topological polar surface area (TPSA) is 19.4 Å². The van der Waals surface area contributed by atoms with Crippen molar-refractivity contribution in [3.8, 4) is 56.3 Å². The minimum Gasteiger partial charge on any atom is -0.201 e. The second kappa shape index (κ2) is 41.0. The van der Waals surface area contributed by atoms with Crippen molar-refractivity contribution in [1.82, 2.24) is 0 Å². The van der Waals surface area contributed by atoms with Crippen molar-refractivity contribution in [3.63, 3.8) is 0 Å². The molecule has 5 aromatic heterocycles. The molecule has 0 saturated heterocycles. The first-order valence-corrected chi connectivity index (χ1v) is 64.0. The summed E-state index contributed by atoms with van der Waals surface area (Å²) in [6.45, 7) is 55.2. The fourth-order valence-electron chi connectivity index (χ4n) is 20.1. The summed E-state index contributed by atoms with van der Waals surface area (Å²) in [5.74, 6) is 4.86. The van der Waals surface area contributed by atoms with Gasteiger partial charge in [0, 0.05) is 84.1 Å². The molecule has 636 valence electrons. The average Bonchev–Trinajstić information content (AvgIpc) is 1.33. The standard InChI is InChI=1S/C24H36NSi.2C23H34NSi.C22H32NSi.C17H24NSi/c1-18-12-10-11-15-21(18)23-16-22(19(2)20-13-8-7-9-14-20)24(17-25(23)3)26(4,5)6;1-17-11-7-10-14-20(17)22-15-21(18(2)19-12-8-9-13-19)23(16-24(22)3)25(4,5)6;1-18-11-9-10-14-21(18)22-16-20(15-19-12-7-6-8-13-19)23(17-24(22)2)25(3,4)5;1-17-10-6-9-13-20(17)21-15-19(14-18-11-7-8-12-18)22(16-23(21)2)24(3,4)5;1-13-7-8-14(2)16(11-13)17-10-9-15(12-18(17)3)19(4,5)6/h10-12,15-17,19-20H,7-9,13-14H2,1-6H3;7,10-11,14-16,18-19H,8-9,12-13H2,1-6H3;9-11,14,16-17,19H,6-8,12-13,15H2,1-5H3;6,9-10,13,15-16,18H,7-8,11-12,14H2,1-5H3;7-12H,1-6H3/q5*+1. The number of aryl methyl sites for hydroxylation is 11. The van der Waals surface area contributed by atoms with Gasteiger partial charge in [-0.05, 0) is 196 Å². The van der Waals surface area contributed by atoms with E-state index in [9.17, 15) is 0 Å². The molecule has 0 radical (unpaired) electrons. The van der Waals surface area contributed by atoms with E-state index in [2.05, 4.69) is 394 Å². The second-order valence-electron chi connectivity index (χ2n) is 42.5. The summed E-state index contributed by atoms with van der Waals surface area (Å²) in [5.41, 5.74) is 28.2. The number of rotatable bonds is 18. The Morgan fingerprint density at radius 2 is 0.563 bits per heavy atom. The van der Waals surface area contributed by atoms with Gasteiger partial charge in [-0.3, -0.25) is 0 Å². The van der Waals surface area contributed by atoms with Crippen LogP contribution in [0.2, 0.25) is 98.2 Å². The van der Waals surface area contributed by atoms with Crippen molar-refractivity contribution in [1.29, 1.82) is 0 Å². The maximum absolute atomic E-state index is 2.54. The summed E-state index contributed by atoms with van der Waals surface area (Å²) in [6.07, 6.45) is 40.3. The van der Waals surface area contributed by atoms with Crippen LogP contribution in [0.4, 0.5) is 0 Å². The number of pyridine rings is 5. The van der Waals surface area contributed by atoms with E-state index in [0.29, 0.717) is 11.8 Å². The number of nitrogens with zero attached hydrogens (tertiary/aromatic N) is 5. The molecule has 4 saturated carbocycles. The zero-order valence-electron chi connectivity index (χ0n) is 80.2. The maximum atomic E-state index is 2.54. The summed E-state index contributed by atoms with van der Waals surface area (Å²) in [4.78, 5) is 0. The Kier molecular flexibility index (Phi) is 32.4. The SMILES string of the molecule is Cc1ccc(C)c(-c2ccc([Si](C)(C)C)c[n+]2C)c1.Cc1ccccc1-c1cc(C(C)C2CCCC2)c([Si](C)(C)C)c[n+]1C.Cc1ccccc1-c1cc(C(C)C2CCCCC2)c([Si](C)(C)C)c[n+]1C.Cc1ccccc1-c1cc(CC2CCCC2)c([Si](C)(C)C)c[n+]1C.Cc1ccccc1-c1cc(CC2CCCCC2)c([Si](C)(C)C)c[n+]1C. The lowest BCUT2D eigenvalue weighted by Gasteiger charge is -2.31. The van der Waals surface area contributed by atoms with Crippen LogP contribution < -0.4 is 48.8 Å². The molecule has 10 heteroatoms. The molecule has 2 unspecified atom stereocenters. The summed E-state index contributed by atoms with van der Waals surface area (Å²) in [6, 6.07) is 56.5. The highest BCUT2D eigenvalue weighted by Crippen LogP contribution is 2.40. The van der Waals surface area contributed by atoms with Crippen molar-refractivity contribution < 1.29 is 22.8 Å². The molecule has 0 amide bonds. The van der Waals surface area contributed by atoms with E-state index < -0.39 is 40.4 Å². The maximum Gasteiger partial charge on any atom is 0.212 e. The summed E-state index contributed by atoms with van der Waals surface area (Å²) >= 11 is 0. The molecule has 4 aliphatic rings. The first-order valence-electron chi connectivity index (χ1n) is 46.5. The molecule has 4 aliphatic carbocycles. The minimum atomic E-state index is -1.39. The van der Waals surface area contributed by atoms with Gasteiger partial charge >= 0.3 is 0 Å². The van der Waals surface area contributed by atoms with E-state index in [1.54, 1.807) is 43.0 Å². The van der Waals surface area contributed by atoms with E-state index in [0.717, 1.165) is 23.7 Å². The van der Waals surface area contributed by atoms with Crippen LogP contribution in [0.5, 0.6) is 0 Å². The first kappa shape index (κ1) is 94.2. The van der Waals surface area contributed by atoms with E-state index in [1.165, 1.54) is 223 Å². The number of benzene rings is 5. The van der Waals surface area contributed by atoms with Crippen LogP contribution in [-0.2, 0) is 48.1 Å². The Morgan fingerprint density at radius 3 is 0.882 bits per heavy atom. The second-order valence-corrected chi connectivity index (χ2v) is 67.8. The van der Waals surface area contributed by atoms with Gasteiger partial charge in [0.2, 0.25) is 28.5 Å². The molecule has 10 aromatic rings. The number of hydrogen-bond acceptors (Lipinski definition) is 0. The monoisotopic (exact) mass is 1680 g/mol. The van der Waals surface area contributed by atoms with Crippen LogP contribution in [0.25, 0.3) is 56.3 Å². The van der Waals surface area contributed by atoms with Crippen LogP contribution in [0, 0.1) is 65.2 Å². The van der Waals surface area contributed by atoms with Crippen LogP contribution in [0.15, 0.2) is 183 Å². The lowest BCUT2D eigenvalue weighted by Crippen LogP contribution is -2.48. The van der Waals surface area contributed by atoms with Crippen molar-refractivity contribution in [2.45, 2.75) is 294 Å². The largest absolute Gasteiger partial charge is 0.212 e. The first-order chi connectivity index (χ1) is 56.1. The third-order valence-corrected chi connectivity index (χ3v) is 37.8. The number of aromatic nitrogens is 5. The van der Waals surface area contributed by atoms with Crippen molar-refractivity contribution in [2.75, 3.05) is 0 Å². The Bertz CT molecular complexity index is 5050. The van der Waals surface area contributed by atoms with E-state index in [-0.39, 0.29) is 0 Å². The third kappa shape index (κ3) is 24.7. The molecule has 5 nitrogen and oxygen atoms in total. The Hall–Kier alpha value is -7.07. The molecule has 0 aliphatic heterocycles. The molecule has 2 atom stereocenters. The minimum absolute atomic E-state index is 0.668. The van der Waals surface area contributed by atoms with Gasteiger partial charge in [0.25, 0.3) is 0 Å². The highest BCUT2D eigenvalue weighted by molar-refractivity contribution is 6.90.